The largest absolute Gasteiger partial charge is 0.370 e. The van der Waals surface area contributed by atoms with Gasteiger partial charge in [0.15, 0.2) is 5.96 Å². The number of para-hydroxylation sites is 2. The quantitative estimate of drug-likeness (QED) is 0.396. The fourth-order valence-electron chi connectivity index (χ4n) is 1.93. The van der Waals surface area contributed by atoms with Gasteiger partial charge in [-0.3, -0.25) is 4.99 Å². The van der Waals surface area contributed by atoms with Gasteiger partial charge in [-0.1, -0.05) is 26.0 Å². The smallest absolute Gasteiger partial charge is 0.188 e. The molecule has 0 spiro atoms. The SMILES string of the molecule is CC(C)CCN=C(N)NCCc1nc2ccccc2[nH]1.I. The number of guanidine groups is 1. The molecule has 1 aromatic heterocycles. The minimum Gasteiger partial charge on any atom is -0.370 e. The zero-order valence-corrected chi connectivity index (χ0v) is 14.9. The molecular formula is C15H24IN5. The Morgan fingerprint density at radius 2 is 2.14 bits per heavy atom. The van der Waals surface area contributed by atoms with E-state index in [9.17, 15) is 0 Å². The van der Waals surface area contributed by atoms with E-state index >= 15 is 0 Å². The number of aliphatic imine (C=N–C) groups is 1. The summed E-state index contributed by atoms with van der Waals surface area (Å²) in [6.45, 7) is 5.87. The number of aromatic amines is 1. The molecule has 0 aliphatic heterocycles. The predicted molar refractivity (Wildman–Crippen MR) is 99.2 cm³/mol. The van der Waals surface area contributed by atoms with Crippen molar-refractivity contribution >= 4 is 41.0 Å². The molecule has 0 fully saturated rings. The molecule has 6 heteroatoms. The Hall–Kier alpha value is -1.31. The minimum absolute atomic E-state index is 0. The van der Waals surface area contributed by atoms with Crippen molar-refractivity contribution in [3.05, 3.63) is 30.1 Å². The topological polar surface area (TPSA) is 79.1 Å². The fourth-order valence-corrected chi connectivity index (χ4v) is 1.93. The first-order valence-electron chi connectivity index (χ1n) is 7.12. The van der Waals surface area contributed by atoms with E-state index in [4.69, 9.17) is 5.73 Å². The third-order valence-electron chi connectivity index (χ3n) is 3.09. The number of fused-ring (bicyclic) bond motifs is 1. The lowest BCUT2D eigenvalue weighted by molar-refractivity contribution is 0.595. The minimum atomic E-state index is 0. The molecule has 1 aromatic carbocycles. The number of H-pyrrole nitrogens is 1. The van der Waals surface area contributed by atoms with Gasteiger partial charge >= 0.3 is 0 Å². The summed E-state index contributed by atoms with van der Waals surface area (Å²) in [7, 11) is 0. The van der Waals surface area contributed by atoms with Crippen LogP contribution >= 0.6 is 24.0 Å². The summed E-state index contributed by atoms with van der Waals surface area (Å²) in [5.41, 5.74) is 7.88. The average Bonchev–Trinajstić information content (AvgIpc) is 2.80. The summed E-state index contributed by atoms with van der Waals surface area (Å²) >= 11 is 0. The van der Waals surface area contributed by atoms with Gasteiger partial charge in [0.1, 0.15) is 5.82 Å². The summed E-state index contributed by atoms with van der Waals surface area (Å²) in [6.07, 6.45) is 1.86. The number of benzene rings is 1. The van der Waals surface area contributed by atoms with Crippen LogP contribution in [-0.2, 0) is 6.42 Å². The van der Waals surface area contributed by atoms with Crippen molar-refractivity contribution in [2.75, 3.05) is 13.1 Å². The van der Waals surface area contributed by atoms with Crippen molar-refractivity contribution in [2.24, 2.45) is 16.6 Å². The second-order valence-corrected chi connectivity index (χ2v) is 5.33. The van der Waals surface area contributed by atoms with Gasteiger partial charge in [-0.15, -0.1) is 24.0 Å². The maximum Gasteiger partial charge on any atom is 0.188 e. The molecule has 2 rings (SSSR count). The lowest BCUT2D eigenvalue weighted by Crippen LogP contribution is -2.33. The molecule has 2 aromatic rings. The first-order chi connectivity index (χ1) is 9.65. The number of hydrogen-bond donors (Lipinski definition) is 3. The molecule has 0 aliphatic rings. The van der Waals surface area contributed by atoms with Gasteiger partial charge < -0.3 is 16.0 Å². The van der Waals surface area contributed by atoms with Crippen molar-refractivity contribution in [1.29, 1.82) is 0 Å². The molecule has 0 radical (unpaired) electrons. The van der Waals surface area contributed by atoms with Crippen molar-refractivity contribution in [2.45, 2.75) is 26.7 Å². The van der Waals surface area contributed by atoms with Crippen LogP contribution in [0.1, 0.15) is 26.1 Å². The highest BCUT2D eigenvalue weighted by atomic mass is 127. The van der Waals surface area contributed by atoms with Crippen LogP contribution in [0.2, 0.25) is 0 Å². The summed E-state index contributed by atoms with van der Waals surface area (Å²) in [4.78, 5) is 12.1. The number of halogens is 1. The summed E-state index contributed by atoms with van der Waals surface area (Å²) < 4.78 is 0. The van der Waals surface area contributed by atoms with E-state index in [-0.39, 0.29) is 24.0 Å². The second-order valence-electron chi connectivity index (χ2n) is 5.33. The third kappa shape index (κ3) is 5.91. The Kier molecular flexibility index (Phi) is 7.49. The molecule has 0 saturated heterocycles. The Morgan fingerprint density at radius 3 is 2.86 bits per heavy atom. The molecule has 0 aliphatic carbocycles. The van der Waals surface area contributed by atoms with E-state index in [0.717, 1.165) is 42.8 Å². The number of imidazole rings is 1. The average molecular weight is 401 g/mol. The molecule has 1 heterocycles. The molecule has 21 heavy (non-hydrogen) atoms. The van der Waals surface area contributed by atoms with Crippen LogP contribution in [0, 0.1) is 5.92 Å². The van der Waals surface area contributed by atoms with Crippen molar-refractivity contribution < 1.29 is 0 Å². The highest BCUT2D eigenvalue weighted by Gasteiger charge is 2.01. The zero-order chi connectivity index (χ0) is 14.4. The van der Waals surface area contributed by atoms with Gasteiger partial charge in [-0.2, -0.15) is 0 Å². The van der Waals surface area contributed by atoms with Crippen LogP contribution in [0.3, 0.4) is 0 Å². The van der Waals surface area contributed by atoms with Crippen LogP contribution in [0.15, 0.2) is 29.3 Å². The number of rotatable bonds is 6. The first kappa shape index (κ1) is 17.7. The molecule has 0 atom stereocenters. The molecule has 0 bridgehead atoms. The monoisotopic (exact) mass is 401 g/mol. The maximum atomic E-state index is 5.81. The first-order valence-corrected chi connectivity index (χ1v) is 7.12. The summed E-state index contributed by atoms with van der Waals surface area (Å²) in [6, 6.07) is 8.03. The highest BCUT2D eigenvalue weighted by molar-refractivity contribution is 14.0. The van der Waals surface area contributed by atoms with E-state index in [2.05, 4.69) is 34.1 Å². The fraction of sp³-hybridized carbons (Fsp3) is 0.467. The number of aromatic nitrogens is 2. The van der Waals surface area contributed by atoms with E-state index in [0.29, 0.717) is 11.9 Å². The Labute approximate surface area is 142 Å². The van der Waals surface area contributed by atoms with Crippen LogP contribution in [0.4, 0.5) is 0 Å². The molecule has 0 unspecified atom stereocenters. The van der Waals surface area contributed by atoms with Crippen molar-refractivity contribution in [3.8, 4) is 0 Å². The van der Waals surface area contributed by atoms with Gasteiger partial charge in [0, 0.05) is 19.5 Å². The van der Waals surface area contributed by atoms with Crippen LogP contribution in [0.5, 0.6) is 0 Å². The standard InChI is InChI=1S/C15H23N5.HI/c1-11(2)7-9-17-15(16)18-10-8-14-19-12-5-3-4-6-13(12)20-14;/h3-6,11H,7-10H2,1-2H3,(H,19,20)(H3,16,17,18);1H. The maximum absolute atomic E-state index is 5.81. The lowest BCUT2D eigenvalue weighted by atomic mass is 10.1. The van der Waals surface area contributed by atoms with Gasteiger partial charge in [-0.05, 0) is 24.5 Å². The number of nitrogens with one attached hydrogen (secondary N) is 2. The highest BCUT2D eigenvalue weighted by Crippen LogP contribution is 2.10. The lowest BCUT2D eigenvalue weighted by Gasteiger charge is -2.05. The number of nitrogens with two attached hydrogens (primary N) is 1. The summed E-state index contributed by atoms with van der Waals surface area (Å²) in [5.74, 6) is 2.14. The van der Waals surface area contributed by atoms with Crippen LogP contribution in [-0.4, -0.2) is 29.0 Å². The van der Waals surface area contributed by atoms with Gasteiger partial charge in [0.2, 0.25) is 0 Å². The molecular weight excluding hydrogens is 377 g/mol. The Bertz CT molecular complexity index is 543. The normalized spacial score (nSPS) is 11.7. The molecule has 0 amide bonds. The molecule has 4 N–H and O–H groups in total. The van der Waals surface area contributed by atoms with E-state index in [1.807, 2.05) is 24.3 Å². The Morgan fingerprint density at radius 1 is 1.38 bits per heavy atom. The summed E-state index contributed by atoms with van der Waals surface area (Å²) in [5, 5.41) is 3.12. The van der Waals surface area contributed by atoms with Crippen LogP contribution in [0.25, 0.3) is 11.0 Å². The van der Waals surface area contributed by atoms with Crippen molar-refractivity contribution in [1.82, 2.24) is 15.3 Å². The van der Waals surface area contributed by atoms with E-state index in [1.54, 1.807) is 0 Å². The predicted octanol–water partition coefficient (Wildman–Crippen LogP) is 2.67. The molecule has 5 nitrogen and oxygen atoms in total. The van der Waals surface area contributed by atoms with Crippen molar-refractivity contribution in [3.63, 3.8) is 0 Å². The number of nitrogens with zero attached hydrogens (tertiary/aromatic N) is 2. The second kappa shape index (κ2) is 8.86. The van der Waals surface area contributed by atoms with E-state index in [1.165, 1.54) is 0 Å². The van der Waals surface area contributed by atoms with Gasteiger partial charge in [-0.25, -0.2) is 4.98 Å². The third-order valence-corrected chi connectivity index (χ3v) is 3.09. The zero-order valence-electron chi connectivity index (χ0n) is 12.6. The Balaban J connectivity index is 0.00000220. The molecule has 116 valence electrons. The van der Waals surface area contributed by atoms with Crippen LogP contribution < -0.4 is 11.1 Å². The van der Waals surface area contributed by atoms with Gasteiger partial charge in [0.05, 0.1) is 11.0 Å². The van der Waals surface area contributed by atoms with Gasteiger partial charge in [0.25, 0.3) is 0 Å². The molecule has 0 saturated carbocycles. The van der Waals surface area contributed by atoms with E-state index < -0.39 is 0 Å². The number of hydrogen-bond acceptors (Lipinski definition) is 2.